The van der Waals surface area contributed by atoms with E-state index >= 15 is 0 Å². The summed E-state index contributed by atoms with van der Waals surface area (Å²) in [6, 6.07) is 6.35. The summed E-state index contributed by atoms with van der Waals surface area (Å²) < 4.78 is 0. The fraction of sp³-hybridized carbons (Fsp3) is 0.462. The first-order valence-electron chi connectivity index (χ1n) is 5.50. The van der Waals surface area contributed by atoms with Gasteiger partial charge in [-0.15, -0.1) is 11.8 Å². The number of thioether (sulfide) groups is 1. The van der Waals surface area contributed by atoms with Crippen LogP contribution in [0.25, 0.3) is 0 Å². The maximum atomic E-state index is 11.6. The summed E-state index contributed by atoms with van der Waals surface area (Å²) in [7, 11) is 0. The van der Waals surface area contributed by atoms with Gasteiger partial charge in [0.2, 0.25) is 5.91 Å². The predicted molar refractivity (Wildman–Crippen MR) is 69.1 cm³/mol. The van der Waals surface area contributed by atoms with Crippen LogP contribution < -0.4 is 5.32 Å². The van der Waals surface area contributed by atoms with Crippen molar-refractivity contribution in [3.63, 3.8) is 0 Å². The maximum Gasteiger partial charge on any atom is 0.237 e. The van der Waals surface area contributed by atoms with Gasteiger partial charge in [0.1, 0.15) is 0 Å². The van der Waals surface area contributed by atoms with E-state index in [1.54, 1.807) is 11.8 Å². The van der Waals surface area contributed by atoms with Crippen molar-refractivity contribution < 1.29 is 4.79 Å². The quantitative estimate of drug-likeness (QED) is 0.746. The van der Waals surface area contributed by atoms with E-state index in [-0.39, 0.29) is 16.6 Å². The van der Waals surface area contributed by atoms with Crippen LogP contribution in [0.15, 0.2) is 23.1 Å². The average molecular weight is 235 g/mol. The van der Waals surface area contributed by atoms with Crippen molar-refractivity contribution in [2.24, 2.45) is 0 Å². The Hall–Kier alpha value is -0.960. The predicted octanol–water partition coefficient (Wildman–Crippen LogP) is 3.42. The molecule has 1 aliphatic heterocycles. The second kappa shape index (κ2) is 3.81. The van der Waals surface area contributed by atoms with Crippen LogP contribution in [-0.2, 0) is 10.2 Å². The van der Waals surface area contributed by atoms with Crippen LogP contribution in [0, 0.1) is 0 Å². The Morgan fingerprint density at radius 3 is 2.62 bits per heavy atom. The number of amides is 1. The lowest BCUT2D eigenvalue weighted by Crippen LogP contribution is -2.26. The van der Waals surface area contributed by atoms with Gasteiger partial charge in [-0.05, 0) is 30.0 Å². The molecule has 1 N–H and O–H groups in total. The molecule has 0 radical (unpaired) electrons. The number of carbonyl (C=O) groups excluding carboxylic acids is 1. The first kappa shape index (κ1) is 11.5. The van der Waals surface area contributed by atoms with E-state index in [1.807, 2.05) is 6.92 Å². The summed E-state index contributed by atoms with van der Waals surface area (Å²) in [4.78, 5) is 12.8. The van der Waals surface area contributed by atoms with Crippen molar-refractivity contribution in [3.8, 4) is 0 Å². The van der Waals surface area contributed by atoms with Crippen molar-refractivity contribution in [2.75, 3.05) is 5.32 Å². The monoisotopic (exact) mass is 235 g/mol. The minimum Gasteiger partial charge on any atom is -0.324 e. The average Bonchev–Trinajstić information content (AvgIpc) is 2.17. The van der Waals surface area contributed by atoms with Crippen LogP contribution in [0.5, 0.6) is 0 Å². The Kier molecular flexibility index (Phi) is 2.74. The van der Waals surface area contributed by atoms with Crippen LogP contribution in [-0.4, -0.2) is 11.2 Å². The highest BCUT2D eigenvalue weighted by Gasteiger charge is 2.24. The van der Waals surface area contributed by atoms with E-state index < -0.39 is 0 Å². The highest BCUT2D eigenvalue weighted by molar-refractivity contribution is 8.00. The maximum absolute atomic E-state index is 11.6. The molecule has 0 aromatic heterocycles. The number of fused-ring (bicyclic) bond motifs is 1. The zero-order valence-electron chi connectivity index (χ0n) is 10.1. The zero-order valence-corrected chi connectivity index (χ0v) is 10.9. The van der Waals surface area contributed by atoms with Gasteiger partial charge >= 0.3 is 0 Å². The number of rotatable bonds is 0. The van der Waals surface area contributed by atoms with Gasteiger partial charge in [-0.1, -0.05) is 26.8 Å². The van der Waals surface area contributed by atoms with Gasteiger partial charge in [0.05, 0.1) is 10.9 Å². The molecule has 0 aliphatic carbocycles. The molecular weight excluding hydrogens is 218 g/mol. The number of benzene rings is 1. The summed E-state index contributed by atoms with van der Waals surface area (Å²) in [5, 5.41) is 2.97. The summed E-state index contributed by atoms with van der Waals surface area (Å²) in [6.45, 7) is 8.46. The molecule has 0 spiro atoms. The van der Waals surface area contributed by atoms with Crippen molar-refractivity contribution in [2.45, 2.75) is 43.3 Å². The lowest BCUT2D eigenvalue weighted by Gasteiger charge is -2.25. The van der Waals surface area contributed by atoms with Gasteiger partial charge in [0.15, 0.2) is 0 Å². The van der Waals surface area contributed by atoms with Gasteiger partial charge in [-0.2, -0.15) is 0 Å². The molecule has 3 heteroatoms. The number of hydrogen-bond acceptors (Lipinski definition) is 2. The molecule has 0 fully saturated rings. The molecule has 86 valence electrons. The van der Waals surface area contributed by atoms with Gasteiger partial charge in [-0.25, -0.2) is 0 Å². The van der Waals surface area contributed by atoms with Crippen molar-refractivity contribution in [1.29, 1.82) is 0 Å². The van der Waals surface area contributed by atoms with Gasteiger partial charge in [-0.3, -0.25) is 4.79 Å². The second-order valence-corrected chi connectivity index (χ2v) is 6.59. The number of anilines is 1. The van der Waals surface area contributed by atoms with E-state index in [4.69, 9.17) is 0 Å². The SMILES string of the molecule is CC1Sc2ccc(C(C)(C)C)cc2NC1=O. The first-order chi connectivity index (χ1) is 7.38. The molecule has 1 amide bonds. The van der Waals surface area contributed by atoms with E-state index in [1.165, 1.54) is 10.5 Å². The smallest absolute Gasteiger partial charge is 0.237 e. The number of nitrogens with one attached hydrogen (secondary N) is 1. The van der Waals surface area contributed by atoms with E-state index in [2.05, 4.69) is 44.3 Å². The lowest BCUT2D eigenvalue weighted by atomic mass is 9.87. The first-order valence-corrected chi connectivity index (χ1v) is 6.38. The highest BCUT2D eigenvalue weighted by atomic mass is 32.2. The van der Waals surface area contributed by atoms with Crippen molar-refractivity contribution in [3.05, 3.63) is 23.8 Å². The highest BCUT2D eigenvalue weighted by Crippen LogP contribution is 2.37. The van der Waals surface area contributed by atoms with Crippen LogP contribution in [0.3, 0.4) is 0 Å². The summed E-state index contributed by atoms with van der Waals surface area (Å²) in [6.07, 6.45) is 0. The molecule has 1 aromatic rings. The topological polar surface area (TPSA) is 29.1 Å². The van der Waals surface area contributed by atoms with E-state index in [0.29, 0.717) is 0 Å². The molecule has 0 bridgehead atoms. The molecule has 1 unspecified atom stereocenters. The van der Waals surface area contributed by atoms with Crippen LogP contribution in [0.2, 0.25) is 0 Å². The van der Waals surface area contributed by atoms with Crippen LogP contribution in [0.1, 0.15) is 33.3 Å². The lowest BCUT2D eigenvalue weighted by molar-refractivity contribution is -0.115. The standard InChI is InChI=1S/C13H17NOS/c1-8-12(15)14-10-7-9(13(2,3)4)5-6-11(10)16-8/h5-8H,1-4H3,(H,14,15). The summed E-state index contributed by atoms with van der Waals surface area (Å²) in [5.74, 6) is 0.101. The molecular formula is C13H17NOS. The Morgan fingerprint density at radius 2 is 2.00 bits per heavy atom. The normalized spacial score (nSPS) is 20.2. The molecule has 2 rings (SSSR count). The number of carbonyl (C=O) groups is 1. The van der Waals surface area contributed by atoms with Gasteiger partial charge in [0.25, 0.3) is 0 Å². The molecule has 1 atom stereocenters. The minimum absolute atomic E-state index is 0.00740. The Morgan fingerprint density at radius 1 is 1.31 bits per heavy atom. The molecule has 2 nitrogen and oxygen atoms in total. The second-order valence-electron chi connectivity index (χ2n) is 5.21. The van der Waals surface area contributed by atoms with Crippen LogP contribution >= 0.6 is 11.8 Å². The summed E-state index contributed by atoms with van der Waals surface area (Å²) in [5.41, 5.74) is 2.33. The molecule has 1 heterocycles. The largest absolute Gasteiger partial charge is 0.324 e. The zero-order chi connectivity index (χ0) is 11.9. The third-order valence-electron chi connectivity index (χ3n) is 2.78. The Labute approximate surface area is 101 Å². The van der Waals surface area contributed by atoms with Crippen molar-refractivity contribution >= 4 is 23.4 Å². The molecule has 16 heavy (non-hydrogen) atoms. The summed E-state index contributed by atoms with van der Waals surface area (Å²) >= 11 is 1.63. The molecule has 1 aromatic carbocycles. The third-order valence-corrected chi connectivity index (χ3v) is 3.95. The molecule has 0 saturated carbocycles. The molecule has 1 aliphatic rings. The fourth-order valence-electron chi connectivity index (χ4n) is 1.68. The molecule has 0 saturated heterocycles. The van der Waals surface area contributed by atoms with E-state index in [0.717, 1.165) is 5.69 Å². The van der Waals surface area contributed by atoms with Gasteiger partial charge in [0, 0.05) is 4.90 Å². The third kappa shape index (κ3) is 2.09. The minimum atomic E-state index is 0.00740. The fourth-order valence-corrected chi connectivity index (χ4v) is 2.61. The van der Waals surface area contributed by atoms with Crippen molar-refractivity contribution in [1.82, 2.24) is 0 Å². The van der Waals surface area contributed by atoms with E-state index in [9.17, 15) is 4.79 Å². The Bertz CT molecular complexity index is 434. The van der Waals surface area contributed by atoms with Gasteiger partial charge < -0.3 is 5.32 Å². The number of hydrogen-bond donors (Lipinski definition) is 1. The van der Waals surface area contributed by atoms with Crippen LogP contribution in [0.4, 0.5) is 5.69 Å². The Balaban J connectivity index is 2.40.